The number of amides is 2. The number of para-hydroxylation sites is 1. The van der Waals surface area contributed by atoms with Crippen LogP contribution in [0.2, 0.25) is 0 Å². The number of nitrogens with one attached hydrogen (secondary N) is 3. The summed E-state index contributed by atoms with van der Waals surface area (Å²) in [6.07, 6.45) is 1.67. The standard InChI is InChI=1S/C20H24FN3O4S/c1-2-3-13-22-20(26)17-6-4-5-7-18(17)24-19(25)12-14-23-29(27,28)16-10-8-15(21)9-11-16/h4-11,23H,2-3,12-14H2,1H3,(H,22,26)(H,24,25). The van der Waals surface area contributed by atoms with Gasteiger partial charge in [0.15, 0.2) is 0 Å². The van der Waals surface area contributed by atoms with Crippen molar-refractivity contribution in [2.24, 2.45) is 0 Å². The van der Waals surface area contributed by atoms with Crippen LogP contribution < -0.4 is 15.4 Å². The predicted molar refractivity (Wildman–Crippen MR) is 109 cm³/mol. The molecule has 3 N–H and O–H groups in total. The lowest BCUT2D eigenvalue weighted by atomic mass is 10.1. The Labute approximate surface area is 169 Å². The first-order valence-corrected chi connectivity index (χ1v) is 10.7. The monoisotopic (exact) mass is 421 g/mol. The van der Waals surface area contributed by atoms with Crippen molar-refractivity contribution in [2.45, 2.75) is 31.1 Å². The van der Waals surface area contributed by atoms with Crippen LogP contribution in [0.15, 0.2) is 53.4 Å². The molecule has 7 nitrogen and oxygen atoms in total. The molecule has 2 amide bonds. The van der Waals surface area contributed by atoms with Crippen molar-refractivity contribution in [3.05, 3.63) is 59.9 Å². The molecule has 2 aromatic carbocycles. The number of rotatable bonds is 10. The van der Waals surface area contributed by atoms with Crippen molar-refractivity contribution in [3.8, 4) is 0 Å². The van der Waals surface area contributed by atoms with Crippen molar-refractivity contribution in [3.63, 3.8) is 0 Å². The highest BCUT2D eigenvalue weighted by atomic mass is 32.2. The van der Waals surface area contributed by atoms with Crippen molar-refractivity contribution in [1.82, 2.24) is 10.0 Å². The molecule has 0 bridgehead atoms. The van der Waals surface area contributed by atoms with E-state index in [-0.39, 0.29) is 23.8 Å². The molecule has 0 fully saturated rings. The molecule has 29 heavy (non-hydrogen) atoms. The second-order valence-electron chi connectivity index (χ2n) is 6.30. The lowest BCUT2D eigenvalue weighted by Gasteiger charge is -2.12. The minimum Gasteiger partial charge on any atom is -0.352 e. The van der Waals surface area contributed by atoms with Crippen LogP contribution in [0.1, 0.15) is 36.5 Å². The fraction of sp³-hybridized carbons (Fsp3) is 0.300. The van der Waals surface area contributed by atoms with E-state index in [0.29, 0.717) is 17.8 Å². The zero-order valence-corrected chi connectivity index (χ0v) is 16.9. The molecule has 0 aliphatic rings. The molecule has 2 rings (SSSR count). The van der Waals surface area contributed by atoms with E-state index < -0.39 is 21.7 Å². The van der Waals surface area contributed by atoms with Gasteiger partial charge >= 0.3 is 0 Å². The first kappa shape index (κ1) is 22.5. The molecule has 0 aliphatic carbocycles. The van der Waals surface area contributed by atoms with Gasteiger partial charge < -0.3 is 10.6 Å². The van der Waals surface area contributed by atoms with Gasteiger partial charge in [-0.25, -0.2) is 17.5 Å². The number of unbranched alkanes of at least 4 members (excludes halogenated alkanes) is 1. The van der Waals surface area contributed by atoms with Gasteiger partial charge in [0, 0.05) is 19.5 Å². The van der Waals surface area contributed by atoms with Crippen molar-refractivity contribution < 1.29 is 22.4 Å². The molecule has 2 aromatic rings. The van der Waals surface area contributed by atoms with Crippen LogP contribution in [0.3, 0.4) is 0 Å². The average Bonchev–Trinajstić information content (AvgIpc) is 2.68. The number of benzene rings is 2. The number of anilines is 1. The summed E-state index contributed by atoms with van der Waals surface area (Å²) in [4.78, 5) is 24.4. The first-order valence-electron chi connectivity index (χ1n) is 9.26. The second kappa shape index (κ2) is 10.7. The third-order valence-electron chi connectivity index (χ3n) is 4.03. The maximum atomic E-state index is 12.9. The molecule has 0 radical (unpaired) electrons. The van der Waals surface area contributed by atoms with E-state index >= 15 is 0 Å². The van der Waals surface area contributed by atoms with E-state index in [1.54, 1.807) is 24.3 Å². The number of sulfonamides is 1. The minimum atomic E-state index is -3.84. The Bertz CT molecular complexity index is 946. The second-order valence-corrected chi connectivity index (χ2v) is 8.07. The van der Waals surface area contributed by atoms with Gasteiger partial charge in [-0.05, 0) is 42.8 Å². The zero-order chi connectivity index (χ0) is 21.3. The summed E-state index contributed by atoms with van der Waals surface area (Å²) < 4.78 is 39.5. The smallest absolute Gasteiger partial charge is 0.253 e. The van der Waals surface area contributed by atoms with Crippen molar-refractivity contribution in [2.75, 3.05) is 18.4 Å². The Hall–Kier alpha value is -2.78. The number of hydrogen-bond acceptors (Lipinski definition) is 4. The number of halogens is 1. The van der Waals surface area contributed by atoms with Gasteiger partial charge in [-0.1, -0.05) is 25.5 Å². The zero-order valence-electron chi connectivity index (χ0n) is 16.1. The highest BCUT2D eigenvalue weighted by Crippen LogP contribution is 2.15. The molecule has 0 saturated heterocycles. The lowest BCUT2D eigenvalue weighted by Crippen LogP contribution is -2.29. The van der Waals surface area contributed by atoms with Gasteiger partial charge in [-0.15, -0.1) is 0 Å². The largest absolute Gasteiger partial charge is 0.352 e. The summed E-state index contributed by atoms with van der Waals surface area (Å²) in [6, 6.07) is 11.0. The molecule has 156 valence electrons. The van der Waals surface area contributed by atoms with Gasteiger partial charge in [-0.2, -0.15) is 0 Å². The van der Waals surface area contributed by atoms with E-state index in [1.165, 1.54) is 0 Å². The van der Waals surface area contributed by atoms with Gasteiger partial charge in [0.2, 0.25) is 15.9 Å². The van der Waals surface area contributed by atoms with Crippen LogP contribution in [-0.4, -0.2) is 33.3 Å². The molecule has 0 spiro atoms. The van der Waals surface area contributed by atoms with Crippen molar-refractivity contribution in [1.29, 1.82) is 0 Å². The molecular weight excluding hydrogens is 397 g/mol. The summed E-state index contributed by atoms with van der Waals surface area (Å²) in [6.45, 7) is 2.42. The molecule has 9 heteroatoms. The number of hydrogen-bond donors (Lipinski definition) is 3. The third-order valence-corrected chi connectivity index (χ3v) is 5.51. The maximum absolute atomic E-state index is 12.9. The van der Waals surface area contributed by atoms with E-state index in [9.17, 15) is 22.4 Å². The molecule has 0 unspecified atom stereocenters. The van der Waals surface area contributed by atoms with Crippen LogP contribution in [0.25, 0.3) is 0 Å². The Morgan fingerprint density at radius 3 is 2.38 bits per heavy atom. The fourth-order valence-electron chi connectivity index (χ4n) is 2.47. The van der Waals surface area contributed by atoms with Gasteiger partial charge in [0.25, 0.3) is 5.91 Å². The number of carbonyl (C=O) groups is 2. The molecule has 0 aliphatic heterocycles. The first-order chi connectivity index (χ1) is 13.8. The van der Waals surface area contributed by atoms with E-state index in [4.69, 9.17) is 0 Å². The highest BCUT2D eigenvalue weighted by molar-refractivity contribution is 7.89. The Kier molecular flexibility index (Phi) is 8.29. The maximum Gasteiger partial charge on any atom is 0.253 e. The average molecular weight is 421 g/mol. The molecule has 0 aromatic heterocycles. The molecule has 0 atom stereocenters. The van der Waals surface area contributed by atoms with Gasteiger partial charge in [0.1, 0.15) is 5.82 Å². The summed E-state index contributed by atoms with van der Waals surface area (Å²) in [5.74, 6) is -1.27. The molecule has 0 heterocycles. The lowest BCUT2D eigenvalue weighted by molar-refractivity contribution is -0.116. The van der Waals surface area contributed by atoms with Crippen LogP contribution in [0.5, 0.6) is 0 Å². The van der Waals surface area contributed by atoms with Crippen LogP contribution in [-0.2, 0) is 14.8 Å². The van der Waals surface area contributed by atoms with Crippen LogP contribution in [0, 0.1) is 5.82 Å². The Morgan fingerprint density at radius 1 is 1.00 bits per heavy atom. The SMILES string of the molecule is CCCCNC(=O)c1ccccc1NC(=O)CCNS(=O)(=O)c1ccc(F)cc1. The quantitative estimate of drug-likeness (QED) is 0.513. The fourth-order valence-corrected chi connectivity index (χ4v) is 3.50. The normalized spacial score (nSPS) is 11.1. The topological polar surface area (TPSA) is 104 Å². The summed E-state index contributed by atoms with van der Waals surface area (Å²) in [5, 5.41) is 5.42. The summed E-state index contributed by atoms with van der Waals surface area (Å²) in [5.41, 5.74) is 0.691. The van der Waals surface area contributed by atoms with Gasteiger partial charge in [0.05, 0.1) is 16.1 Å². The van der Waals surface area contributed by atoms with Gasteiger partial charge in [-0.3, -0.25) is 9.59 Å². The van der Waals surface area contributed by atoms with E-state index in [2.05, 4.69) is 15.4 Å². The molecule has 0 saturated carbocycles. The van der Waals surface area contributed by atoms with Crippen LogP contribution in [0.4, 0.5) is 10.1 Å². The summed E-state index contributed by atoms with van der Waals surface area (Å²) in [7, 11) is -3.84. The Balaban J connectivity index is 1.91. The third kappa shape index (κ3) is 6.95. The number of carbonyl (C=O) groups excluding carboxylic acids is 2. The predicted octanol–water partition coefficient (Wildman–Crippen LogP) is 2.66. The van der Waals surface area contributed by atoms with E-state index in [1.807, 2.05) is 6.92 Å². The molecular formula is C20H24FN3O4S. The minimum absolute atomic E-state index is 0.0894. The van der Waals surface area contributed by atoms with E-state index in [0.717, 1.165) is 37.1 Å². The summed E-state index contributed by atoms with van der Waals surface area (Å²) >= 11 is 0. The highest BCUT2D eigenvalue weighted by Gasteiger charge is 2.16. The van der Waals surface area contributed by atoms with Crippen LogP contribution >= 0.6 is 0 Å². The Morgan fingerprint density at radius 2 is 1.69 bits per heavy atom. The van der Waals surface area contributed by atoms with Crippen molar-refractivity contribution >= 4 is 27.5 Å².